The van der Waals surface area contributed by atoms with Gasteiger partial charge in [0, 0.05) is 30.1 Å². The monoisotopic (exact) mass is 410 g/mol. The summed E-state index contributed by atoms with van der Waals surface area (Å²) >= 11 is 13.5. The van der Waals surface area contributed by atoms with Crippen LogP contribution in [0, 0.1) is 0 Å². The van der Waals surface area contributed by atoms with Gasteiger partial charge in [-0.25, -0.2) is 0 Å². The van der Waals surface area contributed by atoms with Gasteiger partial charge in [0.15, 0.2) is 11.0 Å². The summed E-state index contributed by atoms with van der Waals surface area (Å²) in [6, 6.07) is 5.14. The predicted octanol–water partition coefficient (Wildman–Crippen LogP) is 3.68. The van der Waals surface area contributed by atoms with Crippen LogP contribution in [0.3, 0.4) is 0 Å². The van der Waals surface area contributed by atoms with Crippen LogP contribution in [0.4, 0.5) is 0 Å². The van der Waals surface area contributed by atoms with Gasteiger partial charge in [-0.3, -0.25) is 19.1 Å². The molecule has 1 aromatic heterocycles. The maximum absolute atomic E-state index is 12.2. The zero-order valence-electron chi connectivity index (χ0n) is 13.8. The Bertz CT molecular complexity index is 868. The van der Waals surface area contributed by atoms with Crippen LogP contribution in [-0.4, -0.2) is 43.8 Å². The number of amides is 2. The predicted molar refractivity (Wildman–Crippen MR) is 102 cm³/mol. The number of halogens is 2. The first-order valence-corrected chi connectivity index (χ1v) is 9.71. The van der Waals surface area contributed by atoms with E-state index in [9.17, 15) is 9.59 Å². The molecule has 0 bridgehead atoms. The van der Waals surface area contributed by atoms with Gasteiger partial charge in [-0.05, 0) is 24.6 Å². The van der Waals surface area contributed by atoms with Crippen LogP contribution < -0.4 is 0 Å². The van der Waals surface area contributed by atoms with Gasteiger partial charge in [0.05, 0.1) is 10.8 Å². The Hall–Kier alpha value is -1.83. The molecule has 2 aromatic rings. The zero-order chi connectivity index (χ0) is 18.7. The molecule has 3 rings (SSSR count). The summed E-state index contributed by atoms with van der Waals surface area (Å²) in [5, 5.41) is 9.94. The highest BCUT2D eigenvalue weighted by Gasteiger charge is 2.27. The van der Waals surface area contributed by atoms with Gasteiger partial charge in [0.1, 0.15) is 0 Å². The Morgan fingerprint density at radius 3 is 2.81 bits per heavy atom. The number of likely N-dealkylation sites (tertiary alicyclic amines) is 1. The molecule has 9 heteroatoms. The van der Waals surface area contributed by atoms with Crippen molar-refractivity contribution in [3.8, 4) is 11.4 Å². The smallest absolute Gasteiger partial charge is 0.239 e. The summed E-state index contributed by atoms with van der Waals surface area (Å²) in [5.74, 6) is 0.363. The second-order valence-electron chi connectivity index (χ2n) is 5.66. The van der Waals surface area contributed by atoms with E-state index in [1.165, 1.54) is 16.7 Å². The molecule has 136 valence electrons. The van der Waals surface area contributed by atoms with Crippen LogP contribution in [0.1, 0.15) is 12.8 Å². The van der Waals surface area contributed by atoms with Gasteiger partial charge in [-0.2, -0.15) is 0 Å². The first kappa shape index (κ1) is 18.9. The number of allylic oxidation sites excluding steroid dienone is 1. The standard InChI is InChI=1S/C17H16Cl2N4O2S/c1-2-7-23-16(12-6-5-11(18)9-13(12)19)20-21-17(23)26-10-15(25)22-8-3-4-14(22)24/h2,5-6,9H,1,3-4,7-8,10H2. The summed E-state index contributed by atoms with van der Waals surface area (Å²) in [6.07, 6.45) is 2.87. The summed E-state index contributed by atoms with van der Waals surface area (Å²) in [5.41, 5.74) is 0.693. The van der Waals surface area contributed by atoms with Crippen LogP contribution in [-0.2, 0) is 16.1 Å². The Morgan fingerprint density at radius 1 is 1.35 bits per heavy atom. The van der Waals surface area contributed by atoms with E-state index in [-0.39, 0.29) is 17.6 Å². The number of nitrogens with zero attached hydrogens (tertiary/aromatic N) is 4. The van der Waals surface area contributed by atoms with E-state index in [0.29, 0.717) is 46.1 Å². The number of imide groups is 1. The quantitative estimate of drug-likeness (QED) is 0.536. The van der Waals surface area contributed by atoms with E-state index >= 15 is 0 Å². The lowest BCUT2D eigenvalue weighted by Crippen LogP contribution is -2.33. The van der Waals surface area contributed by atoms with Crippen molar-refractivity contribution in [3.05, 3.63) is 40.9 Å². The van der Waals surface area contributed by atoms with Crippen LogP contribution in [0.25, 0.3) is 11.4 Å². The van der Waals surface area contributed by atoms with Crippen molar-refractivity contribution in [3.63, 3.8) is 0 Å². The number of hydrogen-bond acceptors (Lipinski definition) is 5. The fourth-order valence-corrected chi connectivity index (χ4v) is 3.99. The van der Waals surface area contributed by atoms with E-state index in [0.717, 1.165) is 6.42 Å². The van der Waals surface area contributed by atoms with E-state index in [1.54, 1.807) is 24.3 Å². The topological polar surface area (TPSA) is 68.1 Å². The lowest BCUT2D eigenvalue weighted by Gasteiger charge is -2.13. The summed E-state index contributed by atoms with van der Waals surface area (Å²) in [4.78, 5) is 25.2. The molecular weight excluding hydrogens is 395 g/mol. The Labute approximate surface area is 165 Å². The van der Waals surface area contributed by atoms with E-state index < -0.39 is 0 Å². The van der Waals surface area contributed by atoms with Crippen molar-refractivity contribution in [2.24, 2.45) is 0 Å². The molecule has 0 radical (unpaired) electrons. The maximum Gasteiger partial charge on any atom is 0.239 e. The van der Waals surface area contributed by atoms with Crippen molar-refractivity contribution in [2.45, 2.75) is 24.5 Å². The molecule has 1 aliphatic rings. The highest BCUT2D eigenvalue weighted by atomic mass is 35.5. The van der Waals surface area contributed by atoms with E-state index in [4.69, 9.17) is 23.2 Å². The summed E-state index contributed by atoms with van der Waals surface area (Å²) in [6.45, 7) is 4.70. The normalized spacial score (nSPS) is 14.1. The number of hydrogen-bond donors (Lipinski definition) is 0. The van der Waals surface area contributed by atoms with E-state index in [1.807, 2.05) is 4.57 Å². The Morgan fingerprint density at radius 2 is 2.15 bits per heavy atom. The van der Waals surface area contributed by atoms with Gasteiger partial charge < -0.3 is 0 Å². The van der Waals surface area contributed by atoms with Crippen molar-refractivity contribution in [1.82, 2.24) is 19.7 Å². The second kappa shape index (κ2) is 8.24. The van der Waals surface area contributed by atoms with Gasteiger partial charge >= 0.3 is 0 Å². The van der Waals surface area contributed by atoms with E-state index in [2.05, 4.69) is 16.8 Å². The number of rotatable bonds is 6. The van der Waals surface area contributed by atoms with Crippen molar-refractivity contribution >= 4 is 46.8 Å². The van der Waals surface area contributed by atoms with Crippen molar-refractivity contribution in [1.29, 1.82) is 0 Å². The number of benzene rings is 1. The van der Waals surface area contributed by atoms with Crippen molar-refractivity contribution in [2.75, 3.05) is 12.3 Å². The maximum atomic E-state index is 12.2. The van der Waals surface area contributed by atoms with Crippen LogP contribution >= 0.6 is 35.0 Å². The Balaban J connectivity index is 1.82. The minimum atomic E-state index is -0.211. The molecule has 2 heterocycles. The van der Waals surface area contributed by atoms with Crippen LogP contribution in [0.2, 0.25) is 10.0 Å². The first-order valence-electron chi connectivity index (χ1n) is 7.96. The Kier molecular flexibility index (Phi) is 6.01. The van der Waals surface area contributed by atoms with Gasteiger partial charge in [-0.15, -0.1) is 16.8 Å². The highest BCUT2D eigenvalue weighted by molar-refractivity contribution is 7.99. The lowest BCUT2D eigenvalue weighted by molar-refractivity contribution is -0.140. The fourth-order valence-electron chi connectivity index (χ4n) is 2.68. The number of carbonyl (C=O) groups is 2. The lowest BCUT2D eigenvalue weighted by atomic mass is 10.2. The molecular formula is C17H16Cl2N4O2S. The molecule has 2 amide bonds. The number of carbonyl (C=O) groups excluding carboxylic acids is 2. The largest absolute Gasteiger partial charge is 0.298 e. The molecule has 26 heavy (non-hydrogen) atoms. The minimum absolute atomic E-state index is 0.114. The average molecular weight is 411 g/mol. The van der Waals surface area contributed by atoms with Crippen LogP contribution in [0.15, 0.2) is 36.0 Å². The highest BCUT2D eigenvalue weighted by Crippen LogP contribution is 2.31. The second-order valence-corrected chi connectivity index (χ2v) is 7.45. The van der Waals surface area contributed by atoms with Gasteiger partial charge in [0.25, 0.3) is 0 Å². The molecule has 0 spiro atoms. The molecule has 0 aliphatic carbocycles. The van der Waals surface area contributed by atoms with Crippen LogP contribution in [0.5, 0.6) is 0 Å². The third-order valence-electron chi connectivity index (χ3n) is 3.90. The third-order valence-corrected chi connectivity index (χ3v) is 5.40. The fraction of sp³-hybridized carbons (Fsp3) is 0.294. The SMILES string of the molecule is C=CCn1c(SCC(=O)N2CCCC2=O)nnc1-c1ccc(Cl)cc1Cl. The summed E-state index contributed by atoms with van der Waals surface area (Å²) in [7, 11) is 0. The van der Waals surface area contributed by atoms with Crippen molar-refractivity contribution < 1.29 is 9.59 Å². The molecule has 1 fully saturated rings. The molecule has 0 atom stereocenters. The summed E-state index contributed by atoms with van der Waals surface area (Å²) < 4.78 is 1.83. The molecule has 1 saturated heterocycles. The number of thioether (sulfide) groups is 1. The third kappa shape index (κ3) is 3.95. The molecule has 0 saturated carbocycles. The average Bonchev–Trinajstić information content (AvgIpc) is 3.20. The first-order chi connectivity index (χ1) is 12.5. The molecule has 6 nitrogen and oxygen atoms in total. The minimum Gasteiger partial charge on any atom is -0.298 e. The van der Waals surface area contributed by atoms with Gasteiger partial charge in [-0.1, -0.05) is 41.0 Å². The molecule has 0 N–H and O–H groups in total. The zero-order valence-corrected chi connectivity index (χ0v) is 16.1. The molecule has 1 aromatic carbocycles. The molecule has 1 aliphatic heterocycles. The number of aromatic nitrogens is 3. The molecule has 0 unspecified atom stereocenters. The van der Waals surface area contributed by atoms with Gasteiger partial charge in [0.2, 0.25) is 11.8 Å².